The van der Waals surface area contributed by atoms with Crippen molar-refractivity contribution in [3.8, 4) is 0 Å². The molecule has 1 spiro atoms. The lowest BCUT2D eigenvalue weighted by Crippen LogP contribution is -2.48. The molecule has 7 nitrogen and oxygen atoms in total. The Morgan fingerprint density at radius 3 is 2.93 bits per heavy atom. The fourth-order valence-corrected chi connectivity index (χ4v) is 5.51. The fraction of sp³-hybridized carbons (Fsp3) is 0.611. The van der Waals surface area contributed by atoms with Crippen molar-refractivity contribution in [2.24, 2.45) is 0 Å². The number of rotatable bonds is 4. The van der Waals surface area contributed by atoms with E-state index in [1.807, 2.05) is 22.5 Å². The second-order valence-electron chi connectivity index (χ2n) is 7.58. The number of carbonyl (C=O) groups excluding carboxylic acids is 1. The van der Waals surface area contributed by atoms with Gasteiger partial charge >= 0.3 is 0 Å². The standard InChI is InChI=1S/C18H24N4O3S2/c1-27(24,25)12-10-22-16(23)3-6-18(22)5-2-8-21(9-7-18)17-19-13-15-14(20-17)4-11-26-15/h4,11,13H,2-3,5-10,12H2,1H3/t18-/m1/s1. The van der Waals surface area contributed by atoms with Gasteiger partial charge in [0.15, 0.2) is 0 Å². The number of amides is 1. The first-order valence-corrected chi connectivity index (χ1v) is 12.2. The van der Waals surface area contributed by atoms with E-state index in [2.05, 4.69) is 14.9 Å². The number of aromatic nitrogens is 2. The third-order valence-corrected chi connectivity index (χ3v) is 7.52. The van der Waals surface area contributed by atoms with Crippen molar-refractivity contribution in [3.05, 3.63) is 17.6 Å². The van der Waals surface area contributed by atoms with E-state index < -0.39 is 9.84 Å². The van der Waals surface area contributed by atoms with Gasteiger partial charge in [0.1, 0.15) is 9.84 Å². The molecule has 2 aromatic heterocycles. The van der Waals surface area contributed by atoms with Crippen molar-refractivity contribution in [2.45, 2.75) is 37.6 Å². The molecule has 27 heavy (non-hydrogen) atoms. The summed E-state index contributed by atoms with van der Waals surface area (Å²) >= 11 is 1.63. The predicted molar refractivity (Wildman–Crippen MR) is 107 cm³/mol. The van der Waals surface area contributed by atoms with Gasteiger partial charge in [-0.25, -0.2) is 18.4 Å². The number of fused-ring (bicyclic) bond motifs is 1. The van der Waals surface area contributed by atoms with E-state index in [-0.39, 0.29) is 17.2 Å². The van der Waals surface area contributed by atoms with Crippen molar-refractivity contribution < 1.29 is 13.2 Å². The van der Waals surface area contributed by atoms with E-state index in [4.69, 9.17) is 0 Å². The molecule has 2 aliphatic heterocycles. The molecule has 2 aromatic rings. The highest BCUT2D eigenvalue weighted by Crippen LogP contribution is 2.39. The molecule has 0 radical (unpaired) electrons. The number of thiophene rings is 1. The van der Waals surface area contributed by atoms with Crippen LogP contribution in [0.4, 0.5) is 5.95 Å². The summed E-state index contributed by atoms with van der Waals surface area (Å²) < 4.78 is 24.3. The Balaban J connectivity index is 1.51. The third-order valence-electron chi connectivity index (χ3n) is 5.75. The van der Waals surface area contributed by atoms with Crippen molar-refractivity contribution in [1.29, 1.82) is 0 Å². The molecule has 9 heteroatoms. The van der Waals surface area contributed by atoms with E-state index in [1.54, 1.807) is 11.3 Å². The lowest BCUT2D eigenvalue weighted by molar-refractivity contribution is -0.131. The zero-order chi connectivity index (χ0) is 19.1. The van der Waals surface area contributed by atoms with Gasteiger partial charge in [-0.3, -0.25) is 4.79 Å². The molecule has 4 rings (SSSR count). The summed E-state index contributed by atoms with van der Waals surface area (Å²) in [4.78, 5) is 25.7. The van der Waals surface area contributed by atoms with Crippen LogP contribution in [0, 0.1) is 0 Å². The molecule has 0 saturated carbocycles. The molecule has 0 unspecified atom stereocenters. The molecule has 2 saturated heterocycles. The summed E-state index contributed by atoms with van der Waals surface area (Å²) in [6.07, 6.45) is 7.10. The average molecular weight is 409 g/mol. The maximum Gasteiger partial charge on any atom is 0.225 e. The van der Waals surface area contributed by atoms with Crippen molar-refractivity contribution in [2.75, 3.05) is 36.5 Å². The summed E-state index contributed by atoms with van der Waals surface area (Å²) in [5.74, 6) is 0.857. The molecule has 2 aliphatic rings. The topological polar surface area (TPSA) is 83.5 Å². The Labute approximate surface area is 163 Å². The molecular formula is C18H24N4O3S2. The smallest absolute Gasteiger partial charge is 0.225 e. The summed E-state index contributed by atoms with van der Waals surface area (Å²) in [5, 5.41) is 2.02. The normalized spacial score (nSPS) is 24.1. The van der Waals surface area contributed by atoms with Crippen LogP contribution in [0.25, 0.3) is 10.2 Å². The lowest BCUT2D eigenvalue weighted by Gasteiger charge is -2.38. The summed E-state index contributed by atoms with van der Waals surface area (Å²) in [5.41, 5.74) is 0.748. The molecule has 0 bridgehead atoms. The maximum atomic E-state index is 12.4. The van der Waals surface area contributed by atoms with E-state index in [0.717, 1.165) is 54.9 Å². The van der Waals surface area contributed by atoms with Gasteiger partial charge in [0.05, 0.1) is 22.2 Å². The monoisotopic (exact) mass is 408 g/mol. The van der Waals surface area contributed by atoms with Crippen LogP contribution in [0.2, 0.25) is 0 Å². The van der Waals surface area contributed by atoms with Crippen LogP contribution >= 0.6 is 11.3 Å². The molecule has 146 valence electrons. The lowest BCUT2D eigenvalue weighted by atomic mass is 9.88. The Kier molecular flexibility index (Phi) is 4.84. The first kappa shape index (κ1) is 18.6. The number of likely N-dealkylation sites (tertiary alicyclic amines) is 1. The minimum atomic E-state index is -3.09. The summed E-state index contributed by atoms with van der Waals surface area (Å²) in [7, 11) is -3.09. The molecule has 4 heterocycles. The maximum absolute atomic E-state index is 12.4. The Bertz CT molecular complexity index is 958. The van der Waals surface area contributed by atoms with E-state index >= 15 is 0 Å². The van der Waals surface area contributed by atoms with Crippen molar-refractivity contribution in [3.63, 3.8) is 0 Å². The van der Waals surface area contributed by atoms with Crippen molar-refractivity contribution in [1.82, 2.24) is 14.9 Å². The van der Waals surface area contributed by atoms with E-state index in [0.29, 0.717) is 13.0 Å². The number of anilines is 1. The third kappa shape index (κ3) is 3.80. The number of hydrogen-bond donors (Lipinski definition) is 0. The molecule has 2 fully saturated rings. The molecule has 1 atom stereocenters. The van der Waals surface area contributed by atoms with Crippen LogP contribution in [-0.2, 0) is 14.6 Å². The average Bonchev–Trinajstić information content (AvgIpc) is 3.12. The van der Waals surface area contributed by atoms with Gasteiger partial charge in [0.25, 0.3) is 0 Å². The Hall–Kier alpha value is -1.74. The van der Waals surface area contributed by atoms with Crippen LogP contribution in [0.5, 0.6) is 0 Å². The molecule has 0 aromatic carbocycles. The molecule has 1 amide bonds. The van der Waals surface area contributed by atoms with Crippen LogP contribution in [0.3, 0.4) is 0 Å². The van der Waals surface area contributed by atoms with Gasteiger partial charge < -0.3 is 9.80 Å². The van der Waals surface area contributed by atoms with Crippen LogP contribution in [-0.4, -0.2) is 66.4 Å². The highest BCUT2D eigenvalue weighted by Gasteiger charge is 2.45. The molecular weight excluding hydrogens is 384 g/mol. The first-order valence-electron chi connectivity index (χ1n) is 9.30. The van der Waals surface area contributed by atoms with E-state index in [1.165, 1.54) is 6.26 Å². The van der Waals surface area contributed by atoms with Crippen LogP contribution in [0.15, 0.2) is 17.6 Å². The summed E-state index contributed by atoms with van der Waals surface area (Å²) in [6, 6.07) is 2.01. The Morgan fingerprint density at radius 2 is 2.11 bits per heavy atom. The zero-order valence-electron chi connectivity index (χ0n) is 15.4. The highest BCUT2D eigenvalue weighted by molar-refractivity contribution is 7.90. The van der Waals surface area contributed by atoms with Gasteiger partial charge in [-0.1, -0.05) is 0 Å². The second kappa shape index (κ2) is 7.01. The predicted octanol–water partition coefficient (Wildman–Crippen LogP) is 2.09. The fourth-order valence-electron chi connectivity index (χ4n) is 4.30. The SMILES string of the molecule is CS(=O)(=O)CCN1C(=O)CC[C@@]12CCCN(c1ncc3sccc3n1)CC2. The van der Waals surface area contributed by atoms with Gasteiger partial charge in [-0.15, -0.1) is 11.3 Å². The van der Waals surface area contributed by atoms with Gasteiger partial charge in [0, 0.05) is 37.8 Å². The highest BCUT2D eigenvalue weighted by atomic mass is 32.2. The number of hydrogen-bond acceptors (Lipinski definition) is 7. The number of nitrogens with zero attached hydrogens (tertiary/aromatic N) is 4. The van der Waals surface area contributed by atoms with Gasteiger partial charge in [-0.05, 0) is 37.1 Å². The summed E-state index contributed by atoms with van der Waals surface area (Å²) in [6.45, 7) is 1.93. The van der Waals surface area contributed by atoms with Gasteiger partial charge in [-0.2, -0.15) is 0 Å². The minimum Gasteiger partial charge on any atom is -0.341 e. The number of sulfone groups is 1. The molecule has 0 aliphatic carbocycles. The zero-order valence-corrected chi connectivity index (χ0v) is 17.1. The Morgan fingerprint density at radius 1 is 1.26 bits per heavy atom. The minimum absolute atomic E-state index is 0.0299. The van der Waals surface area contributed by atoms with Crippen LogP contribution < -0.4 is 4.90 Å². The van der Waals surface area contributed by atoms with E-state index in [9.17, 15) is 13.2 Å². The first-order chi connectivity index (χ1) is 12.9. The van der Waals surface area contributed by atoms with Crippen molar-refractivity contribution >= 4 is 43.2 Å². The molecule has 0 N–H and O–H groups in total. The number of carbonyl (C=O) groups is 1. The van der Waals surface area contributed by atoms with Crippen LogP contribution in [0.1, 0.15) is 32.1 Å². The quantitative estimate of drug-likeness (QED) is 0.770. The second-order valence-corrected chi connectivity index (χ2v) is 10.8. The largest absolute Gasteiger partial charge is 0.341 e. The van der Waals surface area contributed by atoms with Gasteiger partial charge in [0.2, 0.25) is 11.9 Å².